The zero-order valence-corrected chi connectivity index (χ0v) is 10.8. The fourth-order valence-electron chi connectivity index (χ4n) is 1.86. The average molecular weight is 261 g/mol. The quantitative estimate of drug-likeness (QED) is 0.779. The monoisotopic (exact) mass is 261 g/mol. The number of aryl methyl sites for hydroxylation is 1. The van der Waals surface area contributed by atoms with Crippen LogP contribution in [0.4, 0.5) is 0 Å². The molecule has 1 aromatic heterocycles. The maximum absolute atomic E-state index is 11.3. The summed E-state index contributed by atoms with van der Waals surface area (Å²) in [6, 6.07) is 5.69. The summed E-state index contributed by atoms with van der Waals surface area (Å²) >= 11 is 1.42. The molecule has 3 rings (SSSR count). The number of ether oxygens (including phenoxy) is 2. The molecule has 92 valence electrons. The Hall–Kier alpha value is -1.88. The van der Waals surface area contributed by atoms with Gasteiger partial charge in [0, 0.05) is 17.4 Å². The summed E-state index contributed by atoms with van der Waals surface area (Å²) in [5.41, 5.74) is 1.78. The maximum atomic E-state index is 11.3. The fraction of sp³-hybridized carbons (Fsp3) is 0.231. The van der Waals surface area contributed by atoms with Crippen molar-refractivity contribution in [3.63, 3.8) is 0 Å². The van der Waals surface area contributed by atoms with E-state index in [9.17, 15) is 4.79 Å². The summed E-state index contributed by atoms with van der Waals surface area (Å²) in [5.74, 6) is 1.47. The molecule has 4 nitrogen and oxygen atoms in total. The van der Waals surface area contributed by atoms with Gasteiger partial charge >= 0.3 is 0 Å². The molecule has 0 bridgehead atoms. The van der Waals surface area contributed by atoms with E-state index in [0.29, 0.717) is 5.01 Å². The van der Waals surface area contributed by atoms with E-state index in [4.69, 9.17) is 9.47 Å². The lowest BCUT2D eigenvalue weighted by molar-refractivity contribution is 0.101. The third-order valence-corrected chi connectivity index (χ3v) is 3.82. The van der Waals surface area contributed by atoms with Crippen molar-refractivity contribution in [2.24, 2.45) is 0 Å². The Balaban J connectivity index is 2.07. The zero-order valence-electron chi connectivity index (χ0n) is 10.0. The Morgan fingerprint density at radius 3 is 2.83 bits per heavy atom. The molecule has 0 atom stereocenters. The van der Waals surface area contributed by atoms with Crippen LogP contribution < -0.4 is 9.47 Å². The summed E-state index contributed by atoms with van der Waals surface area (Å²) in [6.45, 7) is 3.75. The standard InChI is InChI=1S/C13H11NO3S/c1-7(15)13-14-12(8(2)18-13)9-3-4-10-11(5-9)17-6-16-10/h3-5H,6H2,1-2H3. The van der Waals surface area contributed by atoms with Crippen LogP contribution in [-0.4, -0.2) is 17.6 Å². The molecule has 5 heteroatoms. The Morgan fingerprint density at radius 2 is 2.11 bits per heavy atom. The summed E-state index contributed by atoms with van der Waals surface area (Å²) in [6.07, 6.45) is 0. The molecule has 2 heterocycles. The zero-order chi connectivity index (χ0) is 12.7. The number of thiazole rings is 1. The second-order valence-corrected chi connectivity index (χ2v) is 5.25. The van der Waals surface area contributed by atoms with Gasteiger partial charge in [-0.2, -0.15) is 0 Å². The van der Waals surface area contributed by atoms with Crippen LogP contribution in [0.15, 0.2) is 18.2 Å². The molecule has 0 amide bonds. The van der Waals surface area contributed by atoms with Crippen LogP contribution in [-0.2, 0) is 0 Å². The number of benzene rings is 1. The first-order valence-electron chi connectivity index (χ1n) is 5.53. The molecule has 1 aromatic carbocycles. The third-order valence-electron chi connectivity index (χ3n) is 2.74. The smallest absolute Gasteiger partial charge is 0.231 e. The Labute approximate surface area is 108 Å². The largest absolute Gasteiger partial charge is 0.454 e. The molecule has 18 heavy (non-hydrogen) atoms. The van der Waals surface area contributed by atoms with E-state index in [1.54, 1.807) is 0 Å². The van der Waals surface area contributed by atoms with Crippen LogP contribution in [0.1, 0.15) is 21.6 Å². The van der Waals surface area contributed by atoms with E-state index in [-0.39, 0.29) is 12.6 Å². The molecule has 0 fully saturated rings. The van der Waals surface area contributed by atoms with Gasteiger partial charge in [0.15, 0.2) is 22.3 Å². The Morgan fingerprint density at radius 1 is 1.33 bits per heavy atom. The van der Waals surface area contributed by atoms with Crippen LogP contribution in [0.3, 0.4) is 0 Å². The van der Waals surface area contributed by atoms with Gasteiger partial charge in [-0.15, -0.1) is 11.3 Å². The highest BCUT2D eigenvalue weighted by atomic mass is 32.1. The predicted molar refractivity (Wildman–Crippen MR) is 68.4 cm³/mol. The molecule has 1 aliphatic heterocycles. The Kier molecular flexibility index (Phi) is 2.56. The van der Waals surface area contributed by atoms with Crippen LogP contribution in [0.5, 0.6) is 11.5 Å². The number of rotatable bonds is 2. The summed E-state index contributed by atoms with van der Waals surface area (Å²) in [4.78, 5) is 16.7. The lowest BCUT2D eigenvalue weighted by Crippen LogP contribution is -1.92. The lowest BCUT2D eigenvalue weighted by atomic mass is 10.1. The second kappa shape index (κ2) is 4.10. The first-order valence-corrected chi connectivity index (χ1v) is 6.35. The van der Waals surface area contributed by atoms with Gasteiger partial charge < -0.3 is 9.47 Å². The third kappa shape index (κ3) is 1.76. The van der Waals surface area contributed by atoms with Crippen molar-refractivity contribution in [2.45, 2.75) is 13.8 Å². The minimum Gasteiger partial charge on any atom is -0.454 e. The molecule has 0 saturated carbocycles. The number of carbonyl (C=O) groups excluding carboxylic acids is 1. The van der Waals surface area contributed by atoms with Crippen molar-refractivity contribution in [1.29, 1.82) is 0 Å². The number of ketones is 1. The lowest BCUT2D eigenvalue weighted by Gasteiger charge is -2.00. The van der Waals surface area contributed by atoms with Crippen LogP contribution in [0.2, 0.25) is 0 Å². The number of carbonyl (C=O) groups is 1. The molecule has 2 aromatic rings. The van der Waals surface area contributed by atoms with Crippen LogP contribution >= 0.6 is 11.3 Å². The van der Waals surface area contributed by atoms with Crippen LogP contribution in [0.25, 0.3) is 11.3 Å². The molecule has 0 radical (unpaired) electrons. The van der Waals surface area contributed by atoms with E-state index in [2.05, 4.69) is 4.98 Å². The van der Waals surface area contributed by atoms with E-state index < -0.39 is 0 Å². The summed E-state index contributed by atoms with van der Waals surface area (Å²) in [5, 5.41) is 0.542. The number of hydrogen-bond acceptors (Lipinski definition) is 5. The van der Waals surface area contributed by atoms with Crippen molar-refractivity contribution < 1.29 is 14.3 Å². The fourth-order valence-corrected chi connectivity index (χ4v) is 2.69. The minimum atomic E-state index is -0.00454. The van der Waals surface area contributed by atoms with E-state index in [1.807, 2.05) is 25.1 Å². The minimum absolute atomic E-state index is 0.00454. The molecule has 0 unspecified atom stereocenters. The van der Waals surface area contributed by atoms with Gasteiger partial charge in [-0.3, -0.25) is 4.79 Å². The van der Waals surface area contributed by atoms with Crippen molar-refractivity contribution in [3.05, 3.63) is 28.1 Å². The first-order chi connectivity index (χ1) is 8.65. The molecule has 0 saturated heterocycles. The second-order valence-electron chi connectivity index (χ2n) is 4.05. The molecule has 0 N–H and O–H groups in total. The normalized spacial score (nSPS) is 12.8. The van der Waals surface area contributed by atoms with Crippen molar-refractivity contribution >= 4 is 17.1 Å². The van der Waals surface area contributed by atoms with Gasteiger partial charge in [0.2, 0.25) is 6.79 Å². The van der Waals surface area contributed by atoms with Gasteiger partial charge in [-0.25, -0.2) is 4.98 Å². The van der Waals surface area contributed by atoms with Gasteiger partial charge in [-0.05, 0) is 25.1 Å². The number of aromatic nitrogens is 1. The van der Waals surface area contributed by atoms with E-state index >= 15 is 0 Å². The van der Waals surface area contributed by atoms with Crippen molar-refractivity contribution in [2.75, 3.05) is 6.79 Å². The average Bonchev–Trinajstić information content (AvgIpc) is 2.93. The summed E-state index contributed by atoms with van der Waals surface area (Å²) in [7, 11) is 0. The molecular formula is C13H11NO3S. The molecular weight excluding hydrogens is 250 g/mol. The number of Topliss-reactive ketones (excluding diaryl/α,β-unsaturated/α-hetero) is 1. The van der Waals surface area contributed by atoms with Gasteiger partial charge in [0.05, 0.1) is 5.69 Å². The summed E-state index contributed by atoms with van der Waals surface area (Å²) < 4.78 is 10.6. The highest BCUT2D eigenvalue weighted by molar-refractivity contribution is 7.14. The topological polar surface area (TPSA) is 48.4 Å². The van der Waals surface area contributed by atoms with E-state index in [0.717, 1.165) is 27.6 Å². The van der Waals surface area contributed by atoms with Crippen molar-refractivity contribution in [3.8, 4) is 22.8 Å². The Bertz CT molecular complexity index is 633. The maximum Gasteiger partial charge on any atom is 0.231 e. The molecule has 0 aliphatic carbocycles. The van der Waals surface area contributed by atoms with Gasteiger partial charge in [0.25, 0.3) is 0 Å². The van der Waals surface area contributed by atoms with Gasteiger partial charge in [-0.1, -0.05) is 0 Å². The number of fused-ring (bicyclic) bond motifs is 1. The number of hydrogen-bond donors (Lipinski definition) is 0. The highest BCUT2D eigenvalue weighted by Crippen LogP contribution is 2.37. The van der Waals surface area contributed by atoms with E-state index in [1.165, 1.54) is 18.3 Å². The first kappa shape index (κ1) is 11.2. The SMILES string of the molecule is CC(=O)c1nc(-c2ccc3c(c2)OCO3)c(C)s1. The molecule has 1 aliphatic rings. The van der Waals surface area contributed by atoms with Gasteiger partial charge in [0.1, 0.15) is 0 Å². The van der Waals surface area contributed by atoms with Crippen LogP contribution in [0, 0.1) is 6.92 Å². The number of nitrogens with zero attached hydrogens (tertiary/aromatic N) is 1. The van der Waals surface area contributed by atoms with Crippen molar-refractivity contribution in [1.82, 2.24) is 4.98 Å². The molecule has 0 spiro atoms. The highest BCUT2D eigenvalue weighted by Gasteiger charge is 2.17. The predicted octanol–water partition coefficient (Wildman–Crippen LogP) is 3.05.